The Hall–Kier alpha value is -2.43. The molecule has 0 unspecified atom stereocenters. The molecule has 24 heavy (non-hydrogen) atoms. The normalized spacial score (nSPS) is 9.83. The van der Waals surface area contributed by atoms with E-state index in [0.717, 1.165) is 0 Å². The molecule has 2 aromatic heterocycles. The molecule has 0 bridgehead atoms. The van der Waals surface area contributed by atoms with Gasteiger partial charge in [0.05, 0.1) is 0 Å². The molecule has 0 spiro atoms. The van der Waals surface area contributed by atoms with Crippen molar-refractivity contribution >= 4 is 6.16 Å². The maximum Gasteiger partial charge on any atom is 0.503 e. The third-order valence-corrected chi connectivity index (χ3v) is 3.63. The van der Waals surface area contributed by atoms with Gasteiger partial charge in [0.15, 0.2) is 0 Å². The molecular weight excluding hydrogens is 304 g/mol. The molecule has 5 nitrogen and oxygen atoms in total. The highest BCUT2D eigenvalue weighted by Crippen LogP contribution is 2.11. The molecule has 0 saturated carbocycles. The van der Waals surface area contributed by atoms with Crippen molar-refractivity contribution in [2.75, 3.05) is 0 Å². The van der Waals surface area contributed by atoms with Crippen molar-refractivity contribution in [3.63, 3.8) is 0 Å². The molecule has 0 aromatic carbocycles. The summed E-state index contributed by atoms with van der Waals surface area (Å²) in [7, 11) is 0. The summed E-state index contributed by atoms with van der Waals surface area (Å²) >= 11 is 0. The van der Waals surface area contributed by atoms with Gasteiger partial charge < -0.3 is 10.2 Å². The molecule has 2 aromatic rings. The van der Waals surface area contributed by atoms with Crippen LogP contribution in [-0.2, 0) is 12.8 Å². The quantitative estimate of drug-likeness (QED) is 0.644. The number of unbranched alkanes of at least 4 members (excludes halogenated alkanes) is 5. The first-order valence-corrected chi connectivity index (χ1v) is 8.38. The monoisotopic (exact) mass is 330 g/mol. The second kappa shape index (κ2) is 13.0. The lowest BCUT2D eigenvalue weighted by atomic mass is 10.0. The second-order valence-corrected chi connectivity index (χ2v) is 5.63. The lowest BCUT2D eigenvalue weighted by molar-refractivity contribution is 0.137. The van der Waals surface area contributed by atoms with Gasteiger partial charge in [-0.15, -0.1) is 0 Å². The van der Waals surface area contributed by atoms with Crippen LogP contribution in [-0.4, -0.2) is 26.3 Å². The fourth-order valence-electron chi connectivity index (χ4n) is 2.46. The van der Waals surface area contributed by atoms with E-state index in [1.165, 1.54) is 62.5 Å². The number of hydrogen-bond donors (Lipinski definition) is 2. The van der Waals surface area contributed by atoms with Crippen molar-refractivity contribution in [3.8, 4) is 0 Å². The minimum Gasteiger partial charge on any atom is -0.450 e. The van der Waals surface area contributed by atoms with E-state index in [0.29, 0.717) is 0 Å². The Kier molecular flexibility index (Phi) is 10.7. The first kappa shape index (κ1) is 19.6. The van der Waals surface area contributed by atoms with Gasteiger partial charge >= 0.3 is 6.16 Å². The highest BCUT2D eigenvalue weighted by atomic mass is 16.6. The number of nitrogens with zero attached hydrogens (tertiary/aromatic N) is 2. The molecule has 2 N–H and O–H groups in total. The minimum absolute atomic E-state index is 1.17. The maximum absolute atomic E-state index is 8.56. The first-order chi connectivity index (χ1) is 11.7. The van der Waals surface area contributed by atoms with Gasteiger partial charge in [-0.25, -0.2) is 4.79 Å². The first-order valence-electron chi connectivity index (χ1n) is 8.38. The Morgan fingerprint density at radius 2 is 1.12 bits per heavy atom. The Balaban J connectivity index is 0.000000648. The Labute approximate surface area is 143 Å². The van der Waals surface area contributed by atoms with Crippen LogP contribution in [0.25, 0.3) is 0 Å². The number of pyridine rings is 2. The van der Waals surface area contributed by atoms with Crippen LogP contribution in [0, 0.1) is 0 Å². The lowest BCUT2D eigenvalue weighted by Crippen LogP contribution is -1.88. The van der Waals surface area contributed by atoms with Crippen LogP contribution in [0.5, 0.6) is 0 Å². The predicted molar refractivity (Wildman–Crippen MR) is 94.2 cm³/mol. The number of aromatic nitrogens is 2. The van der Waals surface area contributed by atoms with Crippen LogP contribution in [0.3, 0.4) is 0 Å². The fraction of sp³-hybridized carbons (Fsp3) is 0.421. The van der Waals surface area contributed by atoms with E-state index in [2.05, 4.69) is 22.1 Å². The predicted octanol–water partition coefficient (Wildman–Crippen LogP) is 4.82. The van der Waals surface area contributed by atoms with E-state index in [1.54, 1.807) is 0 Å². The highest BCUT2D eigenvalue weighted by Gasteiger charge is 1.95. The summed E-state index contributed by atoms with van der Waals surface area (Å²) in [5.41, 5.74) is 2.73. The summed E-state index contributed by atoms with van der Waals surface area (Å²) < 4.78 is 0. The molecule has 0 atom stereocenters. The number of rotatable bonds is 9. The lowest BCUT2D eigenvalue weighted by Gasteiger charge is -2.03. The van der Waals surface area contributed by atoms with Crippen molar-refractivity contribution < 1.29 is 15.0 Å². The van der Waals surface area contributed by atoms with Crippen LogP contribution >= 0.6 is 0 Å². The van der Waals surface area contributed by atoms with Gasteiger partial charge in [-0.2, -0.15) is 0 Å². The van der Waals surface area contributed by atoms with Crippen molar-refractivity contribution in [3.05, 3.63) is 60.2 Å². The SMILES string of the molecule is O=C(O)O.c1cncc(CCCCCCCCc2cccnc2)c1. The van der Waals surface area contributed by atoms with E-state index in [9.17, 15) is 0 Å². The van der Waals surface area contributed by atoms with Gasteiger partial charge in [0.2, 0.25) is 0 Å². The molecule has 5 heteroatoms. The van der Waals surface area contributed by atoms with Gasteiger partial charge in [0.25, 0.3) is 0 Å². The summed E-state index contributed by atoms with van der Waals surface area (Å²) in [5, 5.41) is 13.9. The number of carbonyl (C=O) groups is 1. The van der Waals surface area contributed by atoms with Crippen molar-refractivity contribution in [1.29, 1.82) is 0 Å². The second-order valence-electron chi connectivity index (χ2n) is 5.63. The van der Waals surface area contributed by atoms with Crippen LogP contribution in [0.2, 0.25) is 0 Å². The third kappa shape index (κ3) is 11.2. The van der Waals surface area contributed by atoms with Gasteiger partial charge in [-0.3, -0.25) is 9.97 Å². The molecule has 0 aliphatic rings. The summed E-state index contributed by atoms with van der Waals surface area (Å²) in [6.45, 7) is 0. The highest BCUT2D eigenvalue weighted by molar-refractivity contribution is 5.53. The molecule has 0 aliphatic carbocycles. The third-order valence-electron chi connectivity index (χ3n) is 3.63. The van der Waals surface area contributed by atoms with E-state index in [-0.39, 0.29) is 0 Å². The van der Waals surface area contributed by atoms with E-state index in [4.69, 9.17) is 15.0 Å². The smallest absolute Gasteiger partial charge is 0.450 e. The standard InChI is InChI=1S/C18H24N2.CH2O3/c1(3-5-9-17-11-7-13-19-15-17)2-4-6-10-18-12-8-14-20-16-18;2-1(3)4/h7-8,11-16H,1-6,9-10H2;(H2,2,3,4). The zero-order valence-electron chi connectivity index (χ0n) is 14.0. The van der Waals surface area contributed by atoms with Crippen LogP contribution in [0.1, 0.15) is 49.7 Å². The van der Waals surface area contributed by atoms with Gasteiger partial charge in [-0.05, 0) is 48.9 Å². The maximum atomic E-state index is 8.56. The summed E-state index contributed by atoms with van der Waals surface area (Å²) in [5.74, 6) is 0. The largest absolute Gasteiger partial charge is 0.503 e. The molecular formula is C19H26N2O3. The summed E-state index contributed by atoms with van der Waals surface area (Å²) in [6, 6.07) is 8.38. The number of hydrogen-bond acceptors (Lipinski definition) is 3. The van der Waals surface area contributed by atoms with Crippen LogP contribution in [0.15, 0.2) is 49.1 Å². The average Bonchev–Trinajstić information content (AvgIpc) is 2.59. The summed E-state index contributed by atoms with van der Waals surface area (Å²) in [4.78, 5) is 16.9. The minimum atomic E-state index is -1.83. The molecule has 0 aliphatic heterocycles. The van der Waals surface area contributed by atoms with Crippen molar-refractivity contribution in [2.24, 2.45) is 0 Å². The van der Waals surface area contributed by atoms with Gasteiger partial charge in [0, 0.05) is 24.8 Å². The molecule has 2 heterocycles. The van der Waals surface area contributed by atoms with E-state index >= 15 is 0 Å². The zero-order valence-corrected chi connectivity index (χ0v) is 14.0. The zero-order chi connectivity index (χ0) is 17.5. The number of carboxylic acid groups (broad SMARTS) is 2. The van der Waals surface area contributed by atoms with Crippen molar-refractivity contribution in [1.82, 2.24) is 9.97 Å². The molecule has 2 rings (SSSR count). The Morgan fingerprint density at radius 3 is 1.46 bits per heavy atom. The number of aryl methyl sites for hydroxylation is 2. The van der Waals surface area contributed by atoms with Gasteiger partial charge in [-0.1, -0.05) is 37.8 Å². The average molecular weight is 330 g/mol. The van der Waals surface area contributed by atoms with Gasteiger partial charge in [0.1, 0.15) is 0 Å². The molecule has 0 amide bonds. The van der Waals surface area contributed by atoms with Crippen LogP contribution < -0.4 is 0 Å². The Bertz CT molecular complexity index is 498. The topological polar surface area (TPSA) is 83.3 Å². The summed E-state index contributed by atoms with van der Waals surface area (Å²) in [6.07, 6.45) is 16.1. The Morgan fingerprint density at radius 1 is 0.750 bits per heavy atom. The molecule has 0 fully saturated rings. The van der Waals surface area contributed by atoms with Crippen LogP contribution in [0.4, 0.5) is 4.79 Å². The molecule has 0 radical (unpaired) electrons. The molecule has 130 valence electrons. The molecule has 0 saturated heterocycles. The van der Waals surface area contributed by atoms with E-state index < -0.39 is 6.16 Å². The van der Waals surface area contributed by atoms with Crippen molar-refractivity contribution in [2.45, 2.75) is 51.4 Å². The fourth-order valence-corrected chi connectivity index (χ4v) is 2.46. The van der Waals surface area contributed by atoms with E-state index in [1.807, 2.05) is 36.9 Å².